The van der Waals surface area contributed by atoms with Gasteiger partial charge in [0.25, 0.3) is 5.56 Å². The van der Waals surface area contributed by atoms with Crippen LogP contribution in [0.3, 0.4) is 0 Å². The lowest BCUT2D eigenvalue weighted by atomic mass is 10.2. The third-order valence-corrected chi connectivity index (χ3v) is 4.97. The summed E-state index contributed by atoms with van der Waals surface area (Å²) in [7, 11) is 1.51. The van der Waals surface area contributed by atoms with Gasteiger partial charge in [-0.3, -0.25) is 14.5 Å². The maximum absolute atomic E-state index is 12.8. The minimum Gasteiger partial charge on any atom is -0.366 e. The molecule has 2 heterocycles. The average Bonchev–Trinajstić information content (AvgIpc) is 2.67. The minimum absolute atomic E-state index is 0.0482. The molecule has 1 N–H and O–H groups in total. The second-order valence-corrected chi connectivity index (χ2v) is 7.04. The van der Waals surface area contributed by atoms with Gasteiger partial charge in [0.05, 0.1) is 24.0 Å². The summed E-state index contributed by atoms with van der Waals surface area (Å²) in [6, 6.07) is 4.52. The Hall–Kier alpha value is -2.59. The van der Waals surface area contributed by atoms with E-state index in [-0.39, 0.29) is 22.8 Å². The number of nitrogens with zero attached hydrogens (tertiary/aromatic N) is 4. The fraction of sp³-hybridized carbons (Fsp3) is 0.389. The predicted octanol–water partition coefficient (Wildman–Crippen LogP) is 2.21. The zero-order valence-corrected chi connectivity index (χ0v) is 16.3. The van der Waals surface area contributed by atoms with Crippen molar-refractivity contribution < 1.29 is 18.0 Å². The molecule has 0 unspecified atom stereocenters. The van der Waals surface area contributed by atoms with Gasteiger partial charge in [-0.15, -0.1) is 0 Å². The lowest BCUT2D eigenvalue weighted by molar-refractivity contribution is -0.137. The number of rotatable bonds is 4. The molecule has 1 amide bonds. The minimum atomic E-state index is -4.47. The standard InChI is InChI=1S/C18H19ClF3N5O2/c1-25-17(29)16(19)14(10-23-25)27-7-5-26(6-8-27)11-15(28)24-13-4-2-3-12(9-13)18(20,21)22/h2-4,9-10H,5-8,11H2,1H3,(H,24,28). The topological polar surface area (TPSA) is 70.5 Å². The molecule has 1 aliphatic rings. The number of aromatic nitrogens is 2. The first kappa shape index (κ1) is 21.1. The summed E-state index contributed by atoms with van der Waals surface area (Å²) in [5.74, 6) is -0.397. The fourth-order valence-electron chi connectivity index (χ4n) is 3.05. The van der Waals surface area contributed by atoms with E-state index in [1.807, 2.05) is 9.80 Å². The number of nitrogens with one attached hydrogen (secondary N) is 1. The van der Waals surface area contributed by atoms with Gasteiger partial charge in [0.2, 0.25) is 5.91 Å². The van der Waals surface area contributed by atoms with Crippen LogP contribution >= 0.6 is 11.6 Å². The monoisotopic (exact) mass is 429 g/mol. The highest BCUT2D eigenvalue weighted by Gasteiger charge is 2.30. The zero-order valence-electron chi connectivity index (χ0n) is 15.5. The van der Waals surface area contributed by atoms with E-state index in [1.165, 1.54) is 25.4 Å². The molecule has 1 aromatic heterocycles. The Morgan fingerprint density at radius 2 is 1.93 bits per heavy atom. The third kappa shape index (κ3) is 5.07. The number of hydrogen-bond donors (Lipinski definition) is 1. The molecule has 11 heteroatoms. The summed E-state index contributed by atoms with van der Waals surface area (Å²) >= 11 is 6.11. The molecule has 2 aromatic rings. The van der Waals surface area contributed by atoms with E-state index in [1.54, 1.807) is 0 Å². The number of amides is 1. The van der Waals surface area contributed by atoms with Crippen LogP contribution in [0.2, 0.25) is 5.02 Å². The smallest absolute Gasteiger partial charge is 0.366 e. The number of hydrogen-bond acceptors (Lipinski definition) is 5. The number of carbonyl (C=O) groups is 1. The molecular weight excluding hydrogens is 411 g/mol. The number of halogens is 4. The lowest BCUT2D eigenvalue weighted by Gasteiger charge is -2.35. The van der Waals surface area contributed by atoms with Crippen molar-refractivity contribution in [2.45, 2.75) is 6.18 Å². The molecule has 0 spiro atoms. The predicted molar refractivity (Wildman–Crippen MR) is 103 cm³/mol. The molecule has 156 valence electrons. The summed E-state index contributed by atoms with van der Waals surface area (Å²) in [4.78, 5) is 27.9. The third-order valence-electron chi connectivity index (χ3n) is 4.61. The molecule has 0 aliphatic carbocycles. The van der Waals surface area contributed by atoms with Crippen LogP contribution in [-0.4, -0.2) is 53.3 Å². The Bertz CT molecular complexity index is 955. The quantitative estimate of drug-likeness (QED) is 0.807. The number of anilines is 2. The summed E-state index contributed by atoms with van der Waals surface area (Å²) in [6.07, 6.45) is -2.94. The Balaban J connectivity index is 1.55. The van der Waals surface area contributed by atoms with E-state index in [9.17, 15) is 22.8 Å². The van der Waals surface area contributed by atoms with Gasteiger partial charge in [0.15, 0.2) is 0 Å². The van der Waals surface area contributed by atoms with Gasteiger partial charge in [-0.2, -0.15) is 18.3 Å². The number of carbonyl (C=O) groups excluding carboxylic acids is 1. The molecule has 1 fully saturated rings. The van der Waals surface area contributed by atoms with Crippen molar-refractivity contribution in [2.24, 2.45) is 7.05 Å². The van der Waals surface area contributed by atoms with E-state index >= 15 is 0 Å². The van der Waals surface area contributed by atoms with Crippen LogP contribution in [0, 0.1) is 0 Å². The molecule has 0 atom stereocenters. The van der Waals surface area contributed by atoms with Gasteiger partial charge in [-0.05, 0) is 18.2 Å². The molecule has 1 saturated heterocycles. The lowest BCUT2D eigenvalue weighted by Crippen LogP contribution is -2.49. The van der Waals surface area contributed by atoms with Crippen molar-refractivity contribution in [3.8, 4) is 0 Å². The van der Waals surface area contributed by atoms with Crippen LogP contribution < -0.4 is 15.8 Å². The fourth-order valence-corrected chi connectivity index (χ4v) is 3.34. The average molecular weight is 430 g/mol. The molecule has 0 bridgehead atoms. The second kappa shape index (κ2) is 8.42. The highest BCUT2D eigenvalue weighted by Crippen LogP contribution is 2.30. The Morgan fingerprint density at radius 3 is 2.59 bits per heavy atom. The number of benzene rings is 1. The Morgan fingerprint density at radius 1 is 1.24 bits per heavy atom. The molecule has 7 nitrogen and oxygen atoms in total. The van der Waals surface area contributed by atoms with Crippen LogP contribution in [0.4, 0.5) is 24.5 Å². The summed E-state index contributed by atoms with van der Waals surface area (Å²) in [5, 5.41) is 6.57. The summed E-state index contributed by atoms with van der Waals surface area (Å²) in [5.41, 5.74) is -0.556. The number of aryl methyl sites for hydroxylation is 1. The van der Waals surface area contributed by atoms with Gasteiger partial charge in [-0.1, -0.05) is 17.7 Å². The molecular formula is C18H19ClF3N5O2. The largest absolute Gasteiger partial charge is 0.416 e. The van der Waals surface area contributed by atoms with Crippen molar-refractivity contribution in [3.63, 3.8) is 0 Å². The number of piperazine rings is 1. The van der Waals surface area contributed by atoms with Gasteiger partial charge in [0, 0.05) is 38.9 Å². The van der Waals surface area contributed by atoms with E-state index in [0.717, 1.165) is 16.8 Å². The maximum Gasteiger partial charge on any atom is 0.416 e. The van der Waals surface area contributed by atoms with Crippen LogP contribution in [-0.2, 0) is 18.0 Å². The normalized spacial score (nSPS) is 15.4. The van der Waals surface area contributed by atoms with Gasteiger partial charge in [-0.25, -0.2) is 4.68 Å². The highest BCUT2D eigenvalue weighted by molar-refractivity contribution is 6.33. The Kier molecular flexibility index (Phi) is 6.13. The van der Waals surface area contributed by atoms with Crippen molar-refractivity contribution in [1.29, 1.82) is 0 Å². The first-order chi connectivity index (χ1) is 13.6. The molecule has 1 aliphatic heterocycles. The van der Waals surface area contributed by atoms with Crippen LogP contribution in [0.5, 0.6) is 0 Å². The molecule has 0 saturated carbocycles. The molecule has 3 rings (SSSR count). The first-order valence-electron chi connectivity index (χ1n) is 8.81. The first-order valence-corrected chi connectivity index (χ1v) is 9.19. The second-order valence-electron chi connectivity index (χ2n) is 6.66. The van der Waals surface area contributed by atoms with Crippen LogP contribution in [0.1, 0.15) is 5.56 Å². The summed E-state index contributed by atoms with van der Waals surface area (Å²) in [6.45, 7) is 2.17. The van der Waals surface area contributed by atoms with Crippen molar-refractivity contribution in [2.75, 3.05) is 42.9 Å². The van der Waals surface area contributed by atoms with Gasteiger partial charge >= 0.3 is 6.18 Å². The number of alkyl halides is 3. The maximum atomic E-state index is 12.8. The van der Waals surface area contributed by atoms with Crippen LogP contribution in [0.15, 0.2) is 35.3 Å². The molecule has 29 heavy (non-hydrogen) atoms. The van der Waals surface area contributed by atoms with Gasteiger partial charge < -0.3 is 10.2 Å². The van der Waals surface area contributed by atoms with Crippen molar-refractivity contribution in [1.82, 2.24) is 14.7 Å². The van der Waals surface area contributed by atoms with E-state index in [0.29, 0.717) is 31.9 Å². The Labute approximate surface area is 169 Å². The van der Waals surface area contributed by atoms with E-state index in [2.05, 4.69) is 10.4 Å². The van der Waals surface area contributed by atoms with Crippen molar-refractivity contribution in [3.05, 3.63) is 51.4 Å². The highest BCUT2D eigenvalue weighted by atomic mass is 35.5. The van der Waals surface area contributed by atoms with E-state index < -0.39 is 17.6 Å². The van der Waals surface area contributed by atoms with Gasteiger partial charge in [0.1, 0.15) is 5.02 Å². The molecule has 0 radical (unpaired) electrons. The van der Waals surface area contributed by atoms with Crippen LogP contribution in [0.25, 0.3) is 0 Å². The summed E-state index contributed by atoms with van der Waals surface area (Å²) < 4.78 is 39.5. The molecule has 1 aromatic carbocycles. The SMILES string of the molecule is Cn1ncc(N2CCN(CC(=O)Nc3cccc(C(F)(F)F)c3)CC2)c(Cl)c1=O. The van der Waals surface area contributed by atoms with Crippen molar-refractivity contribution >= 4 is 28.9 Å². The zero-order chi connectivity index (χ0) is 21.2. The van der Waals surface area contributed by atoms with E-state index in [4.69, 9.17) is 11.6 Å².